The minimum atomic E-state index is -0.370. The zero-order valence-electron chi connectivity index (χ0n) is 11.4. The van der Waals surface area contributed by atoms with Gasteiger partial charge in [-0.2, -0.15) is 0 Å². The first-order valence-electron chi connectivity index (χ1n) is 6.32. The molecule has 0 atom stereocenters. The van der Waals surface area contributed by atoms with E-state index in [1.54, 1.807) is 17.7 Å². The van der Waals surface area contributed by atoms with Crippen molar-refractivity contribution in [3.63, 3.8) is 0 Å². The molecule has 0 amide bonds. The third-order valence-electron chi connectivity index (χ3n) is 2.83. The number of hydrogen-bond acceptors (Lipinski definition) is 4. The van der Waals surface area contributed by atoms with Crippen LogP contribution in [-0.2, 0) is 17.0 Å². The Morgan fingerprint density at radius 2 is 2.33 bits per heavy atom. The molecule has 0 radical (unpaired) electrons. The molecule has 0 aliphatic rings. The predicted octanol–water partition coefficient (Wildman–Crippen LogP) is 2.69. The molecule has 5 nitrogen and oxygen atoms in total. The summed E-state index contributed by atoms with van der Waals surface area (Å²) < 4.78 is 19.5. The number of hydrogen-bond donors (Lipinski definition) is 1. The second-order valence-electron chi connectivity index (χ2n) is 4.33. The second-order valence-corrected chi connectivity index (χ2v) is 5.68. The van der Waals surface area contributed by atoms with E-state index in [-0.39, 0.29) is 11.5 Å². The summed E-state index contributed by atoms with van der Waals surface area (Å²) in [6, 6.07) is 4.26. The van der Waals surface area contributed by atoms with Crippen LogP contribution in [0.4, 0.5) is 4.39 Å². The molecule has 0 saturated carbocycles. The summed E-state index contributed by atoms with van der Waals surface area (Å²) in [6.07, 6.45) is 0.723. The standard InChI is InChI=1S/C13H15ClFN3O2S/c1-20-6-2-5-18-12(19)16-17-13(18)21-8-9-3-4-10(15)7-11(9)14/h3-4,7H,2,5-6,8H2,1H3,(H,16,19). The Morgan fingerprint density at radius 3 is 3.05 bits per heavy atom. The minimum absolute atomic E-state index is 0.251. The number of H-pyrrole nitrogens is 1. The van der Waals surface area contributed by atoms with Crippen molar-refractivity contribution >= 4 is 23.4 Å². The van der Waals surface area contributed by atoms with Crippen LogP contribution in [0.5, 0.6) is 0 Å². The van der Waals surface area contributed by atoms with Gasteiger partial charge >= 0.3 is 5.69 Å². The maximum Gasteiger partial charge on any atom is 0.343 e. The number of halogens is 2. The van der Waals surface area contributed by atoms with Crippen LogP contribution in [0.15, 0.2) is 28.2 Å². The Balaban J connectivity index is 2.04. The van der Waals surface area contributed by atoms with Gasteiger partial charge in [-0.3, -0.25) is 4.57 Å². The molecule has 21 heavy (non-hydrogen) atoms. The minimum Gasteiger partial charge on any atom is -0.385 e. The van der Waals surface area contributed by atoms with Gasteiger partial charge in [-0.15, -0.1) is 5.10 Å². The maximum absolute atomic E-state index is 13.0. The first kappa shape index (κ1) is 16.1. The molecular formula is C13H15ClFN3O2S. The number of methoxy groups -OCH3 is 1. The number of aromatic amines is 1. The van der Waals surface area contributed by atoms with Crippen LogP contribution in [0.1, 0.15) is 12.0 Å². The van der Waals surface area contributed by atoms with Crippen molar-refractivity contribution in [1.82, 2.24) is 14.8 Å². The first-order chi connectivity index (χ1) is 10.1. The lowest BCUT2D eigenvalue weighted by Crippen LogP contribution is -2.18. The average Bonchev–Trinajstić information content (AvgIpc) is 2.79. The third-order valence-corrected chi connectivity index (χ3v) is 4.20. The van der Waals surface area contributed by atoms with Crippen molar-refractivity contribution in [3.05, 3.63) is 45.1 Å². The Hall–Kier alpha value is -1.31. The summed E-state index contributed by atoms with van der Waals surface area (Å²) in [7, 11) is 1.62. The SMILES string of the molecule is COCCCn1c(SCc2ccc(F)cc2Cl)n[nH]c1=O. The van der Waals surface area contributed by atoms with Gasteiger partial charge in [0.25, 0.3) is 0 Å². The second kappa shape index (κ2) is 7.63. The number of ether oxygens (including phenoxy) is 1. The van der Waals surface area contributed by atoms with Crippen molar-refractivity contribution in [2.75, 3.05) is 13.7 Å². The van der Waals surface area contributed by atoms with Crippen molar-refractivity contribution < 1.29 is 9.13 Å². The first-order valence-corrected chi connectivity index (χ1v) is 7.69. The number of rotatable bonds is 7. The number of thioether (sulfide) groups is 1. The zero-order chi connectivity index (χ0) is 15.2. The Bertz CT molecular complexity index is 659. The molecule has 1 heterocycles. The van der Waals surface area contributed by atoms with Crippen molar-refractivity contribution in [1.29, 1.82) is 0 Å². The Kier molecular flexibility index (Phi) is 5.84. The number of benzene rings is 1. The molecule has 1 N–H and O–H groups in total. The van der Waals surface area contributed by atoms with E-state index in [2.05, 4.69) is 10.2 Å². The molecule has 0 spiro atoms. The van der Waals surface area contributed by atoms with Crippen molar-refractivity contribution in [2.45, 2.75) is 23.9 Å². The highest BCUT2D eigenvalue weighted by Crippen LogP contribution is 2.25. The van der Waals surface area contributed by atoms with E-state index in [1.807, 2.05) is 0 Å². The Labute approximate surface area is 130 Å². The Morgan fingerprint density at radius 1 is 1.52 bits per heavy atom. The summed E-state index contributed by atoms with van der Waals surface area (Å²) in [5, 5.41) is 7.36. The van der Waals surface area contributed by atoms with E-state index in [0.29, 0.717) is 29.1 Å². The molecule has 0 fully saturated rings. The number of nitrogens with zero attached hydrogens (tertiary/aromatic N) is 2. The lowest BCUT2D eigenvalue weighted by molar-refractivity contribution is 0.189. The van der Waals surface area contributed by atoms with Crippen LogP contribution in [0.3, 0.4) is 0 Å². The van der Waals surface area contributed by atoms with Gasteiger partial charge in [0.15, 0.2) is 5.16 Å². The van der Waals surface area contributed by atoms with E-state index < -0.39 is 0 Å². The van der Waals surface area contributed by atoms with E-state index in [0.717, 1.165) is 12.0 Å². The fraction of sp³-hybridized carbons (Fsp3) is 0.385. The third kappa shape index (κ3) is 4.33. The summed E-state index contributed by atoms with van der Waals surface area (Å²) in [4.78, 5) is 11.7. The monoisotopic (exact) mass is 331 g/mol. The summed E-state index contributed by atoms with van der Waals surface area (Å²) >= 11 is 7.35. The highest BCUT2D eigenvalue weighted by atomic mass is 35.5. The van der Waals surface area contributed by atoms with Crippen LogP contribution in [0.25, 0.3) is 0 Å². The topological polar surface area (TPSA) is 59.9 Å². The molecule has 2 rings (SSSR count). The molecule has 1 aromatic heterocycles. The van der Waals surface area contributed by atoms with Gasteiger partial charge in [0, 0.05) is 31.0 Å². The van der Waals surface area contributed by atoms with Crippen LogP contribution >= 0.6 is 23.4 Å². The molecule has 114 valence electrons. The summed E-state index contributed by atoms with van der Waals surface area (Å²) in [5.41, 5.74) is 0.542. The molecule has 0 unspecified atom stereocenters. The van der Waals surface area contributed by atoms with Gasteiger partial charge in [-0.1, -0.05) is 29.4 Å². The molecule has 0 aliphatic carbocycles. The highest BCUT2D eigenvalue weighted by Gasteiger charge is 2.10. The highest BCUT2D eigenvalue weighted by molar-refractivity contribution is 7.98. The molecule has 2 aromatic rings. The largest absolute Gasteiger partial charge is 0.385 e. The van der Waals surface area contributed by atoms with Gasteiger partial charge in [-0.25, -0.2) is 14.3 Å². The summed E-state index contributed by atoms with van der Waals surface area (Å²) in [6.45, 7) is 1.11. The number of nitrogens with one attached hydrogen (secondary N) is 1. The molecule has 0 bridgehead atoms. The molecule has 0 saturated heterocycles. The van der Waals surface area contributed by atoms with Gasteiger partial charge in [-0.05, 0) is 24.1 Å². The van der Waals surface area contributed by atoms with E-state index >= 15 is 0 Å². The van der Waals surface area contributed by atoms with Crippen molar-refractivity contribution in [2.24, 2.45) is 0 Å². The van der Waals surface area contributed by atoms with E-state index in [9.17, 15) is 9.18 Å². The molecule has 8 heteroatoms. The lowest BCUT2D eigenvalue weighted by Gasteiger charge is -2.06. The van der Waals surface area contributed by atoms with Gasteiger partial charge < -0.3 is 4.74 Å². The zero-order valence-corrected chi connectivity index (χ0v) is 13.0. The maximum atomic E-state index is 13.0. The van der Waals surface area contributed by atoms with E-state index in [4.69, 9.17) is 16.3 Å². The van der Waals surface area contributed by atoms with Crippen LogP contribution in [-0.4, -0.2) is 28.5 Å². The van der Waals surface area contributed by atoms with Gasteiger partial charge in [0.05, 0.1) is 0 Å². The lowest BCUT2D eigenvalue weighted by atomic mass is 10.2. The van der Waals surface area contributed by atoms with Crippen LogP contribution in [0.2, 0.25) is 5.02 Å². The van der Waals surface area contributed by atoms with Crippen LogP contribution < -0.4 is 5.69 Å². The quantitative estimate of drug-likeness (QED) is 0.626. The fourth-order valence-electron chi connectivity index (χ4n) is 1.76. The van der Waals surface area contributed by atoms with E-state index in [1.165, 1.54) is 23.9 Å². The van der Waals surface area contributed by atoms with Crippen molar-refractivity contribution in [3.8, 4) is 0 Å². The summed E-state index contributed by atoms with van der Waals surface area (Å²) in [5.74, 6) is 0.137. The molecule has 0 aliphatic heterocycles. The molecular weight excluding hydrogens is 317 g/mol. The molecule has 1 aromatic carbocycles. The average molecular weight is 332 g/mol. The van der Waals surface area contributed by atoms with Gasteiger partial charge in [0.2, 0.25) is 0 Å². The predicted molar refractivity (Wildman–Crippen MR) is 80.3 cm³/mol. The smallest absolute Gasteiger partial charge is 0.343 e. The van der Waals surface area contributed by atoms with Crippen LogP contribution in [0, 0.1) is 5.82 Å². The fourth-order valence-corrected chi connectivity index (χ4v) is 3.05. The van der Waals surface area contributed by atoms with Gasteiger partial charge in [0.1, 0.15) is 5.82 Å². The normalized spacial score (nSPS) is 11.0. The number of aromatic nitrogens is 3.